The normalized spacial score (nSPS) is 13.5. The standard InChI is InChI=1S/C31H27F2N7O6/c32-19-1-4-21(5-2-19)40-31(44)22(7-12-35-40)29(43)36-20-3-6-24(23(33)15-20)46-25-8-11-34-28-27(25)30(38-37-28)45-17-18-9-13-39(14-10-18)26(42)16-41/h1-8,11-12,15,18,41H,9-10,13-14,16-17H2,(H,36,43)(H,34,37,38). The monoisotopic (exact) mass is 631 g/mol. The fourth-order valence-electron chi connectivity index (χ4n) is 5.06. The number of H-pyrrole nitrogens is 1. The number of hydrogen-bond acceptors (Lipinski definition) is 9. The molecule has 2 amide bonds. The number of halogens is 2. The summed E-state index contributed by atoms with van der Waals surface area (Å²) in [4.78, 5) is 43.4. The van der Waals surface area contributed by atoms with E-state index in [1.165, 1.54) is 48.8 Å². The van der Waals surface area contributed by atoms with Crippen molar-refractivity contribution in [1.82, 2.24) is 29.9 Å². The number of carbonyl (C=O) groups is 2. The van der Waals surface area contributed by atoms with Crippen LogP contribution in [0.1, 0.15) is 23.2 Å². The van der Waals surface area contributed by atoms with E-state index in [-0.39, 0.29) is 46.1 Å². The summed E-state index contributed by atoms with van der Waals surface area (Å²) in [5, 5.41) is 22.9. The van der Waals surface area contributed by atoms with Crippen molar-refractivity contribution >= 4 is 28.5 Å². The van der Waals surface area contributed by atoms with Gasteiger partial charge in [0.2, 0.25) is 11.8 Å². The minimum atomic E-state index is -0.795. The maximum atomic E-state index is 15.2. The third-order valence-corrected chi connectivity index (χ3v) is 7.52. The smallest absolute Gasteiger partial charge is 0.284 e. The second-order valence-corrected chi connectivity index (χ2v) is 10.5. The summed E-state index contributed by atoms with van der Waals surface area (Å²) in [5.74, 6) is -1.92. The average Bonchev–Trinajstić information content (AvgIpc) is 3.49. The zero-order chi connectivity index (χ0) is 32.2. The molecule has 0 radical (unpaired) electrons. The molecule has 2 aromatic carbocycles. The number of fused-ring (bicyclic) bond motifs is 1. The summed E-state index contributed by atoms with van der Waals surface area (Å²) in [6.45, 7) is 0.862. The first kappa shape index (κ1) is 30.3. The molecule has 0 unspecified atom stereocenters. The minimum absolute atomic E-state index is 0.0679. The lowest BCUT2D eigenvalue weighted by Gasteiger charge is -2.31. The van der Waals surface area contributed by atoms with E-state index in [1.54, 1.807) is 4.90 Å². The van der Waals surface area contributed by atoms with Crippen molar-refractivity contribution in [2.24, 2.45) is 5.92 Å². The Labute approximate surface area is 259 Å². The number of amides is 2. The van der Waals surface area contributed by atoms with Gasteiger partial charge in [0.05, 0.1) is 12.3 Å². The lowest BCUT2D eigenvalue weighted by molar-refractivity contribution is -0.135. The first-order valence-electron chi connectivity index (χ1n) is 14.3. The molecule has 1 fully saturated rings. The van der Waals surface area contributed by atoms with Gasteiger partial charge in [-0.15, -0.1) is 5.10 Å². The lowest BCUT2D eigenvalue weighted by Crippen LogP contribution is -2.41. The number of rotatable bonds is 9. The molecular formula is C31H27F2N7O6. The van der Waals surface area contributed by atoms with E-state index < -0.39 is 29.7 Å². The Morgan fingerprint density at radius 1 is 1.02 bits per heavy atom. The molecule has 0 saturated carbocycles. The van der Waals surface area contributed by atoms with Crippen LogP contribution in [0.4, 0.5) is 14.5 Å². The Hall–Kier alpha value is -5.70. The summed E-state index contributed by atoms with van der Waals surface area (Å²) in [6, 6.07) is 11.6. The summed E-state index contributed by atoms with van der Waals surface area (Å²) >= 11 is 0. The molecule has 0 bridgehead atoms. The molecule has 5 aromatic rings. The van der Waals surface area contributed by atoms with Gasteiger partial charge in [-0.25, -0.2) is 13.8 Å². The van der Waals surface area contributed by atoms with Gasteiger partial charge >= 0.3 is 0 Å². The van der Waals surface area contributed by atoms with Gasteiger partial charge in [0.1, 0.15) is 29.1 Å². The molecule has 15 heteroatoms. The number of likely N-dealkylation sites (tertiary alicyclic amines) is 1. The summed E-state index contributed by atoms with van der Waals surface area (Å²) in [7, 11) is 0. The second-order valence-electron chi connectivity index (χ2n) is 10.5. The maximum Gasteiger partial charge on any atom is 0.284 e. The molecule has 3 aromatic heterocycles. The summed E-state index contributed by atoms with van der Waals surface area (Å²) in [5.41, 5.74) is -0.297. The van der Waals surface area contributed by atoms with Gasteiger partial charge in [-0.05, 0) is 61.2 Å². The fourth-order valence-corrected chi connectivity index (χ4v) is 5.06. The molecule has 4 heterocycles. The van der Waals surface area contributed by atoms with E-state index in [1.807, 2.05) is 0 Å². The Balaban J connectivity index is 1.14. The SMILES string of the molecule is O=C(Nc1ccc(Oc2ccnc3[nH]nc(OCC4CCN(C(=O)CO)CC4)c23)c(F)c1)c1ccnn(-c2ccc(F)cc2)c1=O. The van der Waals surface area contributed by atoms with E-state index in [2.05, 4.69) is 25.6 Å². The van der Waals surface area contributed by atoms with Gasteiger partial charge in [-0.3, -0.25) is 19.5 Å². The molecular weight excluding hydrogens is 604 g/mol. The largest absolute Gasteiger partial charge is 0.476 e. The van der Waals surface area contributed by atoms with Crippen LogP contribution in [0.25, 0.3) is 16.7 Å². The van der Waals surface area contributed by atoms with Crippen LogP contribution in [0.3, 0.4) is 0 Å². The third kappa shape index (κ3) is 6.39. The van der Waals surface area contributed by atoms with Crippen LogP contribution >= 0.6 is 0 Å². The molecule has 0 aliphatic carbocycles. The summed E-state index contributed by atoms with van der Waals surface area (Å²) < 4.78 is 41.3. The van der Waals surface area contributed by atoms with E-state index in [9.17, 15) is 18.8 Å². The van der Waals surface area contributed by atoms with Gasteiger partial charge in [0.15, 0.2) is 17.2 Å². The molecule has 6 rings (SSSR count). The highest BCUT2D eigenvalue weighted by molar-refractivity contribution is 6.04. The van der Waals surface area contributed by atoms with E-state index in [0.29, 0.717) is 43.6 Å². The Kier molecular flexibility index (Phi) is 8.65. The average molecular weight is 632 g/mol. The van der Waals surface area contributed by atoms with Crippen molar-refractivity contribution in [3.8, 4) is 23.1 Å². The van der Waals surface area contributed by atoms with Crippen LogP contribution in [-0.4, -0.2) is 73.1 Å². The van der Waals surface area contributed by atoms with Crippen LogP contribution in [0.15, 0.2) is 71.8 Å². The molecule has 0 atom stereocenters. The Bertz CT molecular complexity index is 1960. The molecule has 13 nitrogen and oxygen atoms in total. The predicted molar refractivity (Wildman–Crippen MR) is 160 cm³/mol. The van der Waals surface area contributed by atoms with Crippen LogP contribution in [0.5, 0.6) is 17.4 Å². The number of piperidine rings is 1. The van der Waals surface area contributed by atoms with E-state index in [0.717, 1.165) is 22.9 Å². The number of ether oxygens (including phenoxy) is 2. The first-order chi connectivity index (χ1) is 22.3. The number of nitrogens with zero attached hydrogens (tertiary/aromatic N) is 5. The minimum Gasteiger partial charge on any atom is -0.476 e. The van der Waals surface area contributed by atoms with Gasteiger partial charge in [0, 0.05) is 43.3 Å². The zero-order valence-corrected chi connectivity index (χ0v) is 24.2. The molecule has 1 aliphatic rings. The number of aromatic amines is 1. The number of benzene rings is 2. The topological polar surface area (TPSA) is 165 Å². The maximum absolute atomic E-state index is 15.2. The third-order valence-electron chi connectivity index (χ3n) is 7.52. The number of carbonyl (C=O) groups excluding carboxylic acids is 2. The molecule has 1 aliphatic heterocycles. The highest BCUT2D eigenvalue weighted by Gasteiger charge is 2.24. The van der Waals surface area contributed by atoms with E-state index >= 15 is 4.39 Å². The molecule has 3 N–H and O–H groups in total. The van der Waals surface area contributed by atoms with Crippen molar-refractivity contribution in [1.29, 1.82) is 0 Å². The van der Waals surface area contributed by atoms with Gasteiger partial charge in [0.25, 0.3) is 11.5 Å². The number of anilines is 1. The van der Waals surface area contributed by atoms with Crippen molar-refractivity contribution in [3.63, 3.8) is 0 Å². The molecule has 1 saturated heterocycles. The summed E-state index contributed by atoms with van der Waals surface area (Å²) in [6.07, 6.45) is 4.13. The second kappa shape index (κ2) is 13.1. The van der Waals surface area contributed by atoms with Gasteiger partial charge < -0.3 is 24.8 Å². The molecule has 46 heavy (non-hydrogen) atoms. The number of aliphatic hydroxyl groups excluding tert-OH is 1. The van der Waals surface area contributed by atoms with Crippen LogP contribution in [-0.2, 0) is 4.79 Å². The van der Waals surface area contributed by atoms with Crippen molar-refractivity contribution in [2.45, 2.75) is 12.8 Å². The predicted octanol–water partition coefficient (Wildman–Crippen LogP) is 3.44. The number of aliphatic hydroxyl groups is 1. The van der Waals surface area contributed by atoms with Crippen molar-refractivity contribution in [3.05, 3.63) is 94.5 Å². The van der Waals surface area contributed by atoms with Gasteiger partial charge in [-0.1, -0.05) is 0 Å². The molecule has 236 valence electrons. The van der Waals surface area contributed by atoms with Crippen LogP contribution in [0.2, 0.25) is 0 Å². The highest BCUT2D eigenvalue weighted by atomic mass is 19.1. The quantitative estimate of drug-likeness (QED) is 0.221. The first-order valence-corrected chi connectivity index (χ1v) is 14.3. The van der Waals surface area contributed by atoms with Crippen LogP contribution < -0.4 is 20.3 Å². The number of nitrogens with one attached hydrogen (secondary N) is 2. The highest BCUT2D eigenvalue weighted by Crippen LogP contribution is 2.36. The van der Waals surface area contributed by atoms with E-state index in [4.69, 9.17) is 14.6 Å². The Morgan fingerprint density at radius 3 is 2.54 bits per heavy atom. The van der Waals surface area contributed by atoms with Crippen molar-refractivity contribution < 1.29 is 33.0 Å². The number of pyridine rings is 1. The lowest BCUT2D eigenvalue weighted by atomic mass is 9.98. The Morgan fingerprint density at radius 2 is 1.80 bits per heavy atom. The van der Waals surface area contributed by atoms with Crippen LogP contribution in [0, 0.1) is 17.6 Å². The van der Waals surface area contributed by atoms with Crippen molar-refractivity contribution in [2.75, 3.05) is 31.6 Å². The van der Waals surface area contributed by atoms with Gasteiger partial charge in [-0.2, -0.15) is 9.78 Å². The molecule has 0 spiro atoms. The fraction of sp³-hybridized carbons (Fsp3) is 0.226. The number of aromatic nitrogens is 5. The zero-order valence-electron chi connectivity index (χ0n) is 24.2. The number of hydrogen-bond donors (Lipinski definition) is 3.